The maximum absolute atomic E-state index is 12.8. The van der Waals surface area contributed by atoms with Gasteiger partial charge in [0.2, 0.25) is 0 Å². The molecule has 0 radical (unpaired) electrons. The lowest BCUT2D eigenvalue weighted by molar-refractivity contribution is -0.122. The molecule has 3 aromatic carbocycles. The number of aryl methyl sites for hydroxylation is 1. The van der Waals surface area contributed by atoms with Crippen molar-refractivity contribution in [3.05, 3.63) is 71.8 Å². The van der Waals surface area contributed by atoms with Crippen LogP contribution >= 0.6 is 0 Å². The highest BCUT2D eigenvalue weighted by Gasteiger charge is 2.20. The highest BCUT2D eigenvalue weighted by Crippen LogP contribution is 2.27. The summed E-state index contributed by atoms with van der Waals surface area (Å²) in [6.07, 6.45) is -0.111. The van der Waals surface area contributed by atoms with E-state index in [0.717, 1.165) is 16.3 Å². The Morgan fingerprint density at radius 2 is 1.76 bits per heavy atom. The molecule has 1 N–H and O–H groups in total. The summed E-state index contributed by atoms with van der Waals surface area (Å²) in [6.45, 7) is 5.83. The van der Waals surface area contributed by atoms with E-state index in [2.05, 4.69) is 5.32 Å². The number of nitrogens with one attached hydrogen (secondary N) is 1. The van der Waals surface area contributed by atoms with E-state index in [9.17, 15) is 9.59 Å². The van der Waals surface area contributed by atoms with Gasteiger partial charge >= 0.3 is 5.97 Å². The molecule has 0 bridgehead atoms. The van der Waals surface area contributed by atoms with Crippen LogP contribution in [0, 0.1) is 6.92 Å². The SMILES string of the molecule is CCOC(=O)c1ccc(NC(=O)C(CC)Oc2cccc3ccccc23)c(C)c1. The number of anilines is 1. The van der Waals surface area contributed by atoms with Crippen molar-refractivity contribution in [2.75, 3.05) is 11.9 Å². The number of rotatable bonds is 7. The minimum Gasteiger partial charge on any atom is -0.480 e. The van der Waals surface area contributed by atoms with Gasteiger partial charge in [-0.05, 0) is 55.5 Å². The van der Waals surface area contributed by atoms with Gasteiger partial charge in [-0.3, -0.25) is 4.79 Å². The van der Waals surface area contributed by atoms with E-state index in [-0.39, 0.29) is 11.9 Å². The quantitative estimate of drug-likeness (QED) is 0.568. The highest BCUT2D eigenvalue weighted by molar-refractivity contribution is 5.97. The van der Waals surface area contributed by atoms with E-state index >= 15 is 0 Å². The Labute approximate surface area is 170 Å². The molecule has 0 aliphatic heterocycles. The van der Waals surface area contributed by atoms with Crippen LogP contribution in [-0.4, -0.2) is 24.6 Å². The highest BCUT2D eigenvalue weighted by atomic mass is 16.5. The molecule has 0 aromatic heterocycles. The van der Waals surface area contributed by atoms with Gasteiger partial charge in [0, 0.05) is 11.1 Å². The van der Waals surface area contributed by atoms with Crippen molar-refractivity contribution in [2.45, 2.75) is 33.3 Å². The van der Waals surface area contributed by atoms with Gasteiger partial charge in [0.05, 0.1) is 12.2 Å². The third kappa shape index (κ3) is 4.74. The zero-order valence-electron chi connectivity index (χ0n) is 16.9. The fraction of sp³-hybridized carbons (Fsp3) is 0.250. The minimum absolute atomic E-state index is 0.229. The van der Waals surface area contributed by atoms with Gasteiger partial charge < -0.3 is 14.8 Å². The van der Waals surface area contributed by atoms with Crippen LogP contribution in [0.25, 0.3) is 10.8 Å². The molecule has 0 aliphatic rings. The molecular weight excluding hydrogens is 366 g/mol. The summed E-state index contributed by atoms with van der Waals surface area (Å²) in [7, 11) is 0. The summed E-state index contributed by atoms with van der Waals surface area (Å²) in [5.74, 6) is 0.0751. The first-order valence-corrected chi connectivity index (χ1v) is 9.76. The van der Waals surface area contributed by atoms with Crippen molar-refractivity contribution in [1.82, 2.24) is 0 Å². The second-order valence-electron chi connectivity index (χ2n) is 6.73. The van der Waals surface area contributed by atoms with Crippen molar-refractivity contribution in [2.24, 2.45) is 0 Å². The van der Waals surface area contributed by atoms with Gasteiger partial charge in [-0.2, -0.15) is 0 Å². The second kappa shape index (κ2) is 9.24. The number of fused-ring (bicyclic) bond motifs is 1. The van der Waals surface area contributed by atoms with Gasteiger partial charge in [0.25, 0.3) is 5.91 Å². The Balaban J connectivity index is 1.75. The van der Waals surface area contributed by atoms with Crippen LogP contribution in [0.2, 0.25) is 0 Å². The van der Waals surface area contributed by atoms with E-state index in [1.54, 1.807) is 25.1 Å². The number of carbonyl (C=O) groups excluding carboxylic acids is 2. The maximum atomic E-state index is 12.8. The Kier molecular flexibility index (Phi) is 6.50. The summed E-state index contributed by atoms with van der Waals surface area (Å²) in [6, 6.07) is 18.8. The fourth-order valence-corrected chi connectivity index (χ4v) is 3.13. The molecule has 0 spiro atoms. The van der Waals surface area contributed by atoms with Crippen molar-refractivity contribution in [3.8, 4) is 5.75 Å². The largest absolute Gasteiger partial charge is 0.480 e. The normalized spacial score (nSPS) is 11.7. The van der Waals surface area contributed by atoms with Crippen LogP contribution in [0.15, 0.2) is 60.7 Å². The number of ether oxygens (including phenoxy) is 2. The summed E-state index contributed by atoms with van der Waals surface area (Å²) in [5.41, 5.74) is 1.88. The molecule has 0 saturated heterocycles. The van der Waals surface area contributed by atoms with Crippen molar-refractivity contribution < 1.29 is 19.1 Å². The molecule has 1 atom stereocenters. The van der Waals surface area contributed by atoms with E-state index < -0.39 is 6.10 Å². The van der Waals surface area contributed by atoms with E-state index in [4.69, 9.17) is 9.47 Å². The molecule has 3 aromatic rings. The summed E-state index contributed by atoms with van der Waals surface area (Å²) < 4.78 is 11.1. The van der Waals surface area contributed by atoms with E-state index in [1.165, 1.54) is 0 Å². The molecule has 0 saturated carbocycles. The first-order chi connectivity index (χ1) is 14.0. The molecule has 3 rings (SSSR count). The van der Waals surface area contributed by atoms with Crippen molar-refractivity contribution in [3.63, 3.8) is 0 Å². The third-order valence-electron chi connectivity index (χ3n) is 4.68. The molecule has 29 heavy (non-hydrogen) atoms. The molecule has 1 unspecified atom stereocenters. The molecule has 0 aliphatic carbocycles. The zero-order valence-corrected chi connectivity index (χ0v) is 16.9. The Morgan fingerprint density at radius 1 is 1.00 bits per heavy atom. The predicted octanol–water partition coefficient (Wildman–Crippen LogP) is 5.12. The van der Waals surface area contributed by atoms with Crippen LogP contribution < -0.4 is 10.1 Å². The Morgan fingerprint density at radius 3 is 2.48 bits per heavy atom. The van der Waals surface area contributed by atoms with E-state index in [0.29, 0.717) is 30.0 Å². The van der Waals surface area contributed by atoms with Crippen LogP contribution in [0.4, 0.5) is 5.69 Å². The van der Waals surface area contributed by atoms with Crippen LogP contribution in [-0.2, 0) is 9.53 Å². The summed E-state index contributed by atoms with van der Waals surface area (Å²) in [5, 5.41) is 4.94. The van der Waals surface area contributed by atoms with E-state index in [1.807, 2.05) is 56.3 Å². The number of hydrogen-bond donors (Lipinski definition) is 1. The van der Waals surface area contributed by atoms with Gasteiger partial charge in [-0.1, -0.05) is 43.3 Å². The standard InChI is InChI=1S/C24H25NO4/c1-4-21(29-22-12-8-10-17-9-6-7-11-19(17)22)23(26)25-20-14-13-18(15-16(20)3)24(27)28-5-2/h6-15,21H,4-5H2,1-3H3,(H,25,26). The van der Waals surface area contributed by atoms with Gasteiger partial charge in [0.1, 0.15) is 5.75 Å². The Hall–Kier alpha value is -3.34. The molecule has 1 amide bonds. The average molecular weight is 391 g/mol. The molecule has 0 heterocycles. The Bertz CT molecular complexity index is 1020. The van der Waals surface area contributed by atoms with Crippen LogP contribution in [0.3, 0.4) is 0 Å². The maximum Gasteiger partial charge on any atom is 0.338 e. The lowest BCUT2D eigenvalue weighted by atomic mass is 10.1. The molecule has 150 valence electrons. The summed E-state index contributed by atoms with van der Waals surface area (Å²) in [4.78, 5) is 24.7. The zero-order chi connectivity index (χ0) is 20.8. The molecule has 5 heteroatoms. The molecule has 0 fully saturated rings. The lowest BCUT2D eigenvalue weighted by Crippen LogP contribution is -2.32. The lowest BCUT2D eigenvalue weighted by Gasteiger charge is -2.19. The topological polar surface area (TPSA) is 64.6 Å². The van der Waals surface area contributed by atoms with Crippen molar-refractivity contribution in [1.29, 1.82) is 0 Å². The predicted molar refractivity (Wildman–Crippen MR) is 114 cm³/mol. The van der Waals surface area contributed by atoms with Crippen LogP contribution in [0.5, 0.6) is 5.75 Å². The third-order valence-corrected chi connectivity index (χ3v) is 4.68. The smallest absolute Gasteiger partial charge is 0.338 e. The first kappa shape index (κ1) is 20.4. The number of esters is 1. The summed E-state index contributed by atoms with van der Waals surface area (Å²) >= 11 is 0. The molecule has 5 nitrogen and oxygen atoms in total. The van der Waals surface area contributed by atoms with Crippen molar-refractivity contribution >= 4 is 28.3 Å². The number of benzene rings is 3. The minimum atomic E-state index is -0.634. The average Bonchev–Trinajstić information content (AvgIpc) is 2.73. The molecular formula is C24H25NO4. The number of hydrogen-bond acceptors (Lipinski definition) is 4. The number of carbonyl (C=O) groups is 2. The second-order valence-corrected chi connectivity index (χ2v) is 6.73. The number of amides is 1. The van der Waals surface area contributed by atoms with Crippen LogP contribution in [0.1, 0.15) is 36.2 Å². The fourth-order valence-electron chi connectivity index (χ4n) is 3.13. The van der Waals surface area contributed by atoms with Gasteiger partial charge in [0.15, 0.2) is 6.10 Å². The van der Waals surface area contributed by atoms with Gasteiger partial charge in [-0.25, -0.2) is 4.79 Å². The first-order valence-electron chi connectivity index (χ1n) is 9.76. The van der Waals surface area contributed by atoms with Gasteiger partial charge in [-0.15, -0.1) is 0 Å². The monoisotopic (exact) mass is 391 g/mol.